The van der Waals surface area contributed by atoms with Gasteiger partial charge in [0.25, 0.3) is 0 Å². The van der Waals surface area contributed by atoms with Gasteiger partial charge >= 0.3 is 0 Å². The second-order valence-electron chi connectivity index (χ2n) is 8.26. The van der Waals surface area contributed by atoms with Crippen molar-refractivity contribution in [2.75, 3.05) is 26.7 Å². The third-order valence-corrected chi connectivity index (χ3v) is 5.40. The monoisotopic (exact) mass is 348 g/mol. The standard InChI is InChI=1S/C18H40N2S2/c1-7-17(2,3)12-16(22)9-11-20-14-18(4,5)13-15(21)8-10-19-6/h15-16,19-22H,7-14H2,1-6H3. The smallest absolute Gasteiger partial charge is 0.00344 e. The van der Waals surface area contributed by atoms with Crippen molar-refractivity contribution in [2.45, 2.75) is 77.2 Å². The molecular formula is C18H40N2S2. The molecule has 0 amide bonds. The molecule has 0 rings (SSSR count). The van der Waals surface area contributed by atoms with Crippen molar-refractivity contribution in [3.05, 3.63) is 0 Å². The van der Waals surface area contributed by atoms with Crippen LogP contribution in [0.2, 0.25) is 0 Å². The fraction of sp³-hybridized carbons (Fsp3) is 1.00. The Morgan fingerprint density at radius 2 is 1.36 bits per heavy atom. The Kier molecular flexibility index (Phi) is 11.5. The van der Waals surface area contributed by atoms with E-state index in [-0.39, 0.29) is 0 Å². The average molecular weight is 349 g/mol. The van der Waals surface area contributed by atoms with Crippen LogP contribution in [0.3, 0.4) is 0 Å². The lowest BCUT2D eigenvalue weighted by Gasteiger charge is -2.29. The molecule has 0 radical (unpaired) electrons. The van der Waals surface area contributed by atoms with E-state index in [1.807, 2.05) is 7.05 Å². The molecule has 0 heterocycles. The summed E-state index contributed by atoms with van der Waals surface area (Å²) in [6.45, 7) is 14.8. The Hall–Kier alpha value is 0.620. The lowest BCUT2D eigenvalue weighted by molar-refractivity contribution is 0.297. The number of rotatable bonds is 13. The summed E-state index contributed by atoms with van der Waals surface area (Å²) in [6.07, 6.45) is 5.85. The first-order valence-electron chi connectivity index (χ1n) is 8.83. The second-order valence-corrected chi connectivity index (χ2v) is 9.72. The summed E-state index contributed by atoms with van der Waals surface area (Å²) >= 11 is 9.47. The molecule has 0 spiro atoms. The van der Waals surface area contributed by atoms with E-state index in [1.165, 1.54) is 12.8 Å². The van der Waals surface area contributed by atoms with Gasteiger partial charge in [-0.1, -0.05) is 41.0 Å². The molecule has 2 atom stereocenters. The fourth-order valence-corrected chi connectivity index (χ4v) is 3.95. The van der Waals surface area contributed by atoms with Gasteiger partial charge in [-0.15, -0.1) is 0 Å². The zero-order valence-corrected chi connectivity index (χ0v) is 17.5. The van der Waals surface area contributed by atoms with Crippen LogP contribution in [0.25, 0.3) is 0 Å². The van der Waals surface area contributed by atoms with Crippen LogP contribution in [-0.2, 0) is 0 Å². The molecule has 0 fully saturated rings. The maximum atomic E-state index is 4.76. The van der Waals surface area contributed by atoms with E-state index in [4.69, 9.17) is 25.3 Å². The van der Waals surface area contributed by atoms with Crippen LogP contribution in [0.4, 0.5) is 0 Å². The largest absolute Gasteiger partial charge is 0.320 e. The minimum atomic E-state index is 0.301. The van der Waals surface area contributed by atoms with Crippen LogP contribution in [0, 0.1) is 10.8 Å². The highest BCUT2D eigenvalue weighted by Crippen LogP contribution is 2.29. The Morgan fingerprint density at radius 1 is 0.864 bits per heavy atom. The fourth-order valence-electron chi connectivity index (χ4n) is 2.70. The molecule has 0 aliphatic carbocycles. The predicted octanol–water partition coefficient (Wildman–Crippen LogP) is 4.42. The van der Waals surface area contributed by atoms with E-state index in [2.05, 4.69) is 45.3 Å². The molecule has 0 saturated heterocycles. The quantitative estimate of drug-likeness (QED) is 0.293. The summed E-state index contributed by atoms with van der Waals surface area (Å²) in [4.78, 5) is 0. The van der Waals surface area contributed by atoms with Crippen LogP contribution in [0.5, 0.6) is 0 Å². The molecule has 0 aromatic carbocycles. The first-order valence-corrected chi connectivity index (χ1v) is 9.86. The zero-order chi connectivity index (χ0) is 17.2. The van der Waals surface area contributed by atoms with Crippen molar-refractivity contribution in [2.24, 2.45) is 10.8 Å². The van der Waals surface area contributed by atoms with Crippen molar-refractivity contribution in [3.8, 4) is 0 Å². The molecule has 2 nitrogen and oxygen atoms in total. The number of thiol groups is 2. The molecule has 0 bridgehead atoms. The van der Waals surface area contributed by atoms with E-state index in [0.717, 1.165) is 38.9 Å². The van der Waals surface area contributed by atoms with Crippen LogP contribution in [0.15, 0.2) is 0 Å². The number of nitrogens with one attached hydrogen (secondary N) is 2. The van der Waals surface area contributed by atoms with E-state index >= 15 is 0 Å². The first-order chi connectivity index (χ1) is 10.1. The van der Waals surface area contributed by atoms with Crippen molar-refractivity contribution in [1.82, 2.24) is 10.6 Å². The minimum absolute atomic E-state index is 0.301. The SMILES string of the molecule is CCC(C)(C)CC(S)CCNCC(C)(C)CC(S)CCNC. The molecule has 0 aromatic rings. The van der Waals surface area contributed by atoms with Crippen molar-refractivity contribution < 1.29 is 0 Å². The summed E-state index contributed by atoms with van der Waals surface area (Å²) < 4.78 is 0. The number of hydrogen-bond donors (Lipinski definition) is 4. The van der Waals surface area contributed by atoms with Gasteiger partial charge in [-0.2, -0.15) is 25.3 Å². The van der Waals surface area contributed by atoms with Crippen molar-refractivity contribution in [1.29, 1.82) is 0 Å². The molecule has 0 aliphatic heterocycles. The lowest BCUT2D eigenvalue weighted by atomic mass is 9.84. The highest BCUT2D eigenvalue weighted by molar-refractivity contribution is 7.81. The molecule has 2 N–H and O–H groups in total. The first kappa shape index (κ1) is 22.6. The maximum Gasteiger partial charge on any atom is 0.00344 e. The molecule has 22 heavy (non-hydrogen) atoms. The topological polar surface area (TPSA) is 24.1 Å². The van der Waals surface area contributed by atoms with Gasteiger partial charge in [0.15, 0.2) is 0 Å². The molecule has 4 heteroatoms. The molecule has 134 valence electrons. The third kappa shape index (κ3) is 12.1. The van der Waals surface area contributed by atoms with Gasteiger partial charge in [-0.25, -0.2) is 0 Å². The Morgan fingerprint density at radius 3 is 1.86 bits per heavy atom. The zero-order valence-electron chi connectivity index (χ0n) is 15.7. The Labute approximate surface area is 150 Å². The molecule has 2 unspecified atom stereocenters. The van der Waals surface area contributed by atoms with Gasteiger partial charge in [0.1, 0.15) is 0 Å². The van der Waals surface area contributed by atoms with Gasteiger partial charge < -0.3 is 10.6 Å². The number of hydrogen-bond acceptors (Lipinski definition) is 4. The van der Waals surface area contributed by atoms with Crippen LogP contribution >= 0.6 is 25.3 Å². The van der Waals surface area contributed by atoms with Crippen LogP contribution in [0.1, 0.15) is 66.7 Å². The van der Waals surface area contributed by atoms with Gasteiger partial charge in [-0.3, -0.25) is 0 Å². The van der Waals surface area contributed by atoms with Crippen LogP contribution < -0.4 is 10.6 Å². The Balaban J connectivity index is 3.88. The normalized spacial score (nSPS) is 15.8. The lowest BCUT2D eigenvalue weighted by Crippen LogP contribution is -2.33. The van der Waals surface area contributed by atoms with Crippen molar-refractivity contribution in [3.63, 3.8) is 0 Å². The molecule has 0 aliphatic rings. The van der Waals surface area contributed by atoms with E-state index in [1.54, 1.807) is 0 Å². The van der Waals surface area contributed by atoms with Gasteiger partial charge in [0, 0.05) is 17.0 Å². The van der Waals surface area contributed by atoms with E-state index in [0.29, 0.717) is 21.3 Å². The highest BCUT2D eigenvalue weighted by Gasteiger charge is 2.22. The van der Waals surface area contributed by atoms with Crippen molar-refractivity contribution >= 4 is 25.3 Å². The summed E-state index contributed by atoms with van der Waals surface area (Å²) in [5.41, 5.74) is 0.715. The highest BCUT2D eigenvalue weighted by atomic mass is 32.1. The molecular weight excluding hydrogens is 308 g/mol. The summed E-state index contributed by atoms with van der Waals surface area (Å²) in [6, 6.07) is 0. The van der Waals surface area contributed by atoms with Gasteiger partial charge in [0.05, 0.1) is 0 Å². The minimum Gasteiger partial charge on any atom is -0.320 e. The summed E-state index contributed by atoms with van der Waals surface area (Å²) in [5.74, 6) is 0. The maximum absolute atomic E-state index is 4.76. The van der Waals surface area contributed by atoms with E-state index in [9.17, 15) is 0 Å². The molecule has 0 saturated carbocycles. The predicted molar refractivity (Wildman–Crippen MR) is 109 cm³/mol. The third-order valence-electron chi connectivity index (χ3n) is 4.52. The summed E-state index contributed by atoms with van der Waals surface area (Å²) in [7, 11) is 2.00. The summed E-state index contributed by atoms with van der Waals surface area (Å²) in [5, 5.41) is 7.80. The van der Waals surface area contributed by atoms with Gasteiger partial charge in [0.2, 0.25) is 0 Å². The van der Waals surface area contributed by atoms with Gasteiger partial charge in [-0.05, 0) is 56.7 Å². The Bertz CT molecular complexity index is 280. The van der Waals surface area contributed by atoms with E-state index < -0.39 is 0 Å². The second kappa shape index (κ2) is 11.2. The van der Waals surface area contributed by atoms with Crippen LogP contribution in [-0.4, -0.2) is 37.2 Å². The average Bonchev–Trinajstić information content (AvgIpc) is 2.40. The molecule has 0 aromatic heterocycles.